The number of aliphatic hydroxyl groups is 2. The Bertz CT molecular complexity index is 1370. The fourth-order valence-corrected chi connectivity index (χ4v) is 7.65. The predicted octanol–water partition coefficient (Wildman–Crippen LogP) is 4.26. The maximum atomic E-state index is 12.8. The third-order valence-electron chi connectivity index (χ3n) is 10.6. The largest absolute Gasteiger partial charge is 0.462 e. The molecule has 2 aromatic rings. The molecule has 0 aromatic heterocycles. The molecule has 9 nitrogen and oxygen atoms in total. The molecule has 0 amide bonds. The van der Waals surface area contributed by atoms with Gasteiger partial charge in [-0.05, 0) is 44.1 Å². The Morgan fingerprint density at radius 3 is 2.15 bits per heavy atom. The van der Waals surface area contributed by atoms with Crippen LogP contribution >= 0.6 is 0 Å². The van der Waals surface area contributed by atoms with E-state index in [0.717, 1.165) is 63.6 Å². The van der Waals surface area contributed by atoms with Crippen LogP contribution in [0.1, 0.15) is 75.8 Å². The minimum Gasteiger partial charge on any atom is -0.462 e. The number of carbonyl (C=O) groups excluding carboxylic acids is 2. The van der Waals surface area contributed by atoms with Gasteiger partial charge in [-0.15, -0.1) is 0 Å². The summed E-state index contributed by atoms with van der Waals surface area (Å²) >= 11 is 0. The van der Waals surface area contributed by atoms with Gasteiger partial charge in [0.2, 0.25) is 0 Å². The second-order valence-electron chi connectivity index (χ2n) is 13.4. The van der Waals surface area contributed by atoms with Crippen molar-refractivity contribution < 1.29 is 34.0 Å². The van der Waals surface area contributed by atoms with Gasteiger partial charge in [0.15, 0.2) is 12.2 Å². The average molecular weight is 661 g/mol. The molecule has 1 saturated carbocycles. The molecular weight excluding hydrogens is 608 g/mol. The highest BCUT2D eigenvalue weighted by atomic mass is 16.6. The van der Waals surface area contributed by atoms with Crippen LogP contribution in [0.5, 0.6) is 0 Å². The normalized spacial score (nSPS) is 26.5. The van der Waals surface area contributed by atoms with Crippen molar-refractivity contribution in [2.45, 2.75) is 101 Å². The number of ether oxygens (including phenoxy) is 3. The van der Waals surface area contributed by atoms with Gasteiger partial charge in [0.05, 0.1) is 13.2 Å². The zero-order chi connectivity index (χ0) is 34.1. The van der Waals surface area contributed by atoms with Gasteiger partial charge in [0.1, 0.15) is 24.2 Å². The lowest BCUT2D eigenvalue weighted by molar-refractivity contribution is -0.174. The summed E-state index contributed by atoms with van der Waals surface area (Å²) in [6.45, 7) is 6.53. The second kappa shape index (κ2) is 16.9. The van der Waals surface area contributed by atoms with E-state index in [-0.39, 0.29) is 31.2 Å². The molecule has 4 aliphatic rings. The summed E-state index contributed by atoms with van der Waals surface area (Å²) in [7, 11) is 2.13. The lowest BCUT2D eigenvalue weighted by atomic mass is 9.73. The van der Waals surface area contributed by atoms with E-state index < -0.39 is 17.5 Å². The first-order valence-corrected chi connectivity index (χ1v) is 17.7. The Morgan fingerprint density at radius 1 is 0.958 bits per heavy atom. The first kappa shape index (κ1) is 36.0. The summed E-state index contributed by atoms with van der Waals surface area (Å²) < 4.78 is 16.8. The fourth-order valence-electron chi connectivity index (χ4n) is 7.65. The number of likely N-dealkylation sites (N-methyl/N-ethyl adjacent to an activating group) is 1. The van der Waals surface area contributed by atoms with Crippen LogP contribution in [0.15, 0.2) is 60.7 Å². The molecular formula is C39H52N2O7. The number of hydrogen-bond donors (Lipinski definition) is 2. The predicted molar refractivity (Wildman–Crippen MR) is 183 cm³/mol. The molecule has 9 heteroatoms. The highest BCUT2D eigenvalue weighted by molar-refractivity contribution is 5.81. The maximum absolute atomic E-state index is 12.8. The minimum absolute atomic E-state index is 0.0158. The van der Waals surface area contributed by atoms with Gasteiger partial charge in [-0.1, -0.05) is 106 Å². The first-order valence-electron chi connectivity index (χ1n) is 17.7. The maximum Gasteiger partial charge on any atom is 0.344 e. The average Bonchev–Trinajstić information content (AvgIpc) is 3.90. The van der Waals surface area contributed by atoms with Crippen molar-refractivity contribution in [3.8, 4) is 11.8 Å². The van der Waals surface area contributed by atoms with Crippen molar-refractivity contribution in [1.82, 2.24) is 9.80 Å². The van der Waals surface area contributed by atoms with Crippen LogP contribution in [0, 0.1) is 17.8 Å². The number of morpholine rings is 1. The zero-order valence-electron chi connectivity index (χ0n) is 28.6. The van der Waals surface area contributed by atoms with E-state index in [1.807, 2.05) is 60.7 Å². The van der Waals surface area contributed by atoms with Gasteiger partial charge in [-0.2, -0.15) is 0 Å². The molecule has 3 saturated heterocycles. The van der Waals surface area contributed by atoms with Crippen LogP contribution in [-0.2, 0) is 29.4 Å². The molecule has 1 aliphatic carbocycles. The Hall–Kier alpha value is -3.26. The number of epoxide rings is 1. The molecule has 2 N–H and O–H groups in total. The topological polar surface area (TPSA) is 112 Å². The molecule has 3 aliphatic heterocycles. The van der Waals surface area contributed by atoms with Crippen molar-refractivity contribution >= 4 is 11.9 Å². The number of aliphatic hydroxyl groups excluding tert-OH is 1. The molecule has 260 valence electrons. The number of esters is 2. The summed E-state index contributed by atoms with van der Waals surface area (Å²) in [5.41, 5.74) is -0.160. The number of carbonyl (C=O) groups is 2. The smallest absolute Gasteiger partial charge is 0.344 e. The molecule has 0 radical (unpaired) electrons. The fraction of sp³-hybridized carbons (Fsp3) is 0.590. The quantitative estimate of drug-likeness (QED) is 0.208. The van der Waals surface area contributed by atoms with Gasteiger partial charge in [-0.3, -0.25) is 14.6 Å². The van der Waals surface area contributed by atoms with Gasteiger partial charge in [0.25, 0.3) is 0 Å². The molecule has 1 unspecified atom stereocenters. The van der Waals surface area contributed by atoms with Gasteiger partial charge >= 0.3 is 11.9 Å². The third-order valence-corrected chi connectivity index (χ3v) is 10.6. The Kier molecular flexibility index (Phi) is 12.7. The van der Waals surface area contributed by atoms with Gasteiger partial charge in [-0.25, -0.2) is 4.79 Å². The van der Waals surface area contributed by atoms with E-state index in [0.29, 0.717) is 36.4 Å². The number of fused-ring (bicyclic) bond motifs is 5. The van der Waals surface area contributed by atoms with Crippen molar-refractivity contribution in [3.05, 3.63) is 71.8 Å². The van der Waals surface area contributed by atoms with Crippen LogP contribution < -0.4 is 0 Å². The van der Waals surface area contributed by atoms with E-state index >= 15 is 0 Å². The van der Waals surface area contributed by atoms with E-state index in [1.54, 1.807) is 0 Å². The zero-order valence-corrected chi connectivity index (χ0v) is 28.6. The molecule has 0 spiro atoms. The van der Waals surface area contributed by atoms with E-state index in [2.05, 4.69) is 42.5 Å². The van der Waals surface area contributed by atoms with E-state index in [4.69, 9.17) is 14.2 Å². The Morgan fingerprint density at radius 2 is 1.56 bits per heavy atom. The number of benzene rings is 2. The summed E-state index contributed by atoms with van der Waals surface area (Å²) in [6, 6.07) is 19.3. The molecule has 7 atom stereocenters. The van der Waals surface area contributed by atoms with Crippen LogP contribution in [0.25, 0.3) is 0 Å². The first-order chi connectivity index (χ1) is 23.3. The molecule has 3 heterocycles. The van der Waals surface area contributed by atoms with Crippen molar-refractivity contribution in [1.29, 1.82) is 0 Å². The number of nitrogens with zero attached hydrogens (tertiary/aromatic N) is 2. The highest BCUT2D eigenvalue weighted by Crippen LogP contribution is 2.48. The summed E-state index contributed by atoms with van der Waals surface area (Å²) in [5.74, 6) is 4.33. The van der Waals surface area contributed by atoms with Crippen LogP contribution in [-0.4, -0.2) is 102 Å². The Balaban J connectivity index is 0.000000190. The summed E-state index contributed by atoms with van der Waals surface area (Å²) in [6.07, 6.45) is 7.18. The lowest BCUT2D eigenvalue weighted by Crippen LogP contribution is -2.48. The molecule has 6 rings (SSSR count). The molecule has 48 heavy (non-hydrogen) atoms. The Labute approximate surface area is 285 Å². The minimum atomic E-state index is -1.58. The van der Waals surface area contributed by atoms with Crippen LogP contribution in [0.2, 0.25) is 0 Å². The summed E-state index contributed by atoms with van der Waals surface area (Å²) in [4.78, 5) is 29.8. The third kappa shape index (κ3) is 8.30. The number of rotatable bonds is 11. The van der Waals surface area contributed by atoms with E-state index in [9.17, 15) is 19.8 Å². The van der Waals surface area contributed by atoms with Gasteiger partial charge < -0.3 is 24.4 Å². The lowest BCUT2D eigenvalue weighted by Gasteiger charge is -2.38. The van der Waals surface area contributed by atoms with Crippen LogP contribution in [0.4, 0.5) is 0 Å². The van der Waals surface area contributed by atoms with Crippen molar-refractivity contribution in [2.24, 2.45) is 5.92 Å². The SMILES string of the molecule is CCN(CC)CC#CCOC(=O)C(O)(c1ccccc1)C1CCCCC1.CN1[C@@H]2C[C@@H](OC(=O)[C@H](CO)c3ccccc3)C[C@H]1[C@@H]1O[C@@H]12. The standard InChI is InChI=1S/C22H31NO3.C17H21NO4/c1-3-23(4-2)17-11-12-18-26-21(24)22(25,19-13-7-5-8-14-19)20-15-9-6-10-16-20;1-18-13-7-11(8-14(18)16-15(13)22-16)21-17(20)12(9-19)10-5-3-2-4-6-10/h5,7-8,13-14,20,25H,3-4,6,9-10,15-18H2,1-2H3;2-6,11-16,19H,7-9H2,1H3/t;11-,12-,13-,14+,15-,16+/m.1/s1. The molecule has 2 aromatic carbocycles. The van der Waals surface area contributed by atoms with E-state index in [1.165, 1.54) is 0 Å². The molecule has 4 fully saturated rings. The van der Waals surface area contributed by atoms with Crippen LogP contribution in [0.3, 0.4) is 0 Å². The monoisotopic (exact) mass is 660 g/mol. The van der Waals surface area contributed by atoms with Gasteiger partial charge in [0, 0.05) is 30.8 Å². The second-order valence-corrected chi connectivity index (χ2v) is 13.4. The van der Waals surface area contributed by atoms with Crippen molar-refractivity contribution in [2.75, 3.05) is 39.9 Å². The number of hydrogen-bond acceptors (Lipinski definition) is 9. The highest BCUT2D eigenvalue weighted by Gasteiger charge is 2.63. The molecule has 2 bridgehead atoms. The van der Waals surface area contributed by atoms with Crippen molar-refractivity contribution in [3.63, 3.8) is 0 Å². The number of piperidine rings is 1. The summed E-state index contributed by atoms with van der Waals surface area (Å²) in [5, 5.41) is 20.9.